The van der Waals surface area contributed by atoms with Gasteiger partial charge in [0.05, 0.1) is 0 Å². The largest absolute Gasteiger partial charge is 0.394 e. The summed E-state index contributed by atoms with van der Waals surface area (Å²) in [5, 5.41) is 0. The average Bonchev–Trinajstić information content (AvgIpc) is 2.67. The monoisotopic (exact) mass is 577 g/mol. The van der Waals surface area contributed by atoms with Gasteiger partial charge in [0, 0.05) is 0 Å². The van der Waals surface area contributed by atoms with E-state index in [1.807, 2.05) is 54.6 Å². The van der Waals surface area contributed by atoms with E-state index in [0.29, 0.717) is 0 Å². The van der Waals surface area contributed by atoms with Crippen molar-refractivity contribution in [1.82, 2.24) is 9.97 Å². The van der Waals surface area contributed by atoms with E-state index in [-0.39, 0.29) is 37.2 Å². The maximum absolute atomic E-state index is 4.08. The molecule has 0 saturated carbocycles. The molecular formula is C19H21Cl3N3Ta-3. The molecule has 3 rings (SSSR count). The minimum Gasteiger partial charge on any atom is -0.394 e. The van der Waals surface area contributed by atoms with Gasteiger partial charge in [-0.15, -0.1) is 37.2 Å². The molecule has 2 aromatic heterocycles. The first-order chi connectivity index (χ1) is 11.3. The second-order valence-corrected chi connectivity index (χ2v) is 4.36. The van der Waals surface area contributed by atoms with Crippen LogP contribution in [-0.2, 0) is 20.9 Å². The van der Waals surface area contributed by atoms with E-state index in [9.17, 15) is 0 Å². The standard InChI is InChI=1S/C6H5N.2C5H4N.C3H5.3ClH.Ta/c7-6-4-2-1-3-5-6;2*1-2-4-6-5-3-1;1-3-2;;;;/h1-5H;2*1-4H;3H,1-2H2;3*1H;/q;3*-1;;;;. The van der Waals surface area contributed by atoms with Gasteiger partial charge in [-0.05, 0) is 0 Å². The molecule has 0 bridgehead atoms. The van der Waals surface area contributed by atoms with Crippen molar-refractivity contribution in [3.63, 3.8) is 0 Å². The summed E-state index contributed by atoms with van der Waals surface area (Å²) in [6, 6.07) is 21.0. The summed E-state index contributed by atoms with van der Waals surface area (Å²) in [6.45, 7) is 6.50. The zero-order valence-electron chi connectivity index (χ0n) is 14.0. The molecule has 0 spiro atoms. The summed E-state index contributed by atoms with van der Waals surface area (Å²) in [4.78, 5) is 7.32. The van der Waals surface area contributed by atoms with E-state index in [1.54, 1.807) is 24.5 Å². The molecular weight excluding hydrogens is 558 g/mol. The van der Waals surface area contributed by atoms with Crippen LogP contribution in [0.3, 0.4) is 0 Å². The third-order valence-electron chi connectivity index (χ3n) is 1.91. The van der Waals surface area contributed by atoms with Gasteiger partial charge in [0.1, 0.15) is 0 Å². The van der Waals surface area contributed by atoms with Crippen LogP contribution >= 0.6 is 37.2 Å². The number of allylic oxidation sites excluding steroid dienone is 1. The number of benzene rings is 1. The molecule has 0 saturated heterocycles. The Morgan fingerprint density at radius 1 is 0.846 bits per heavy atom. The molecule has 3 aromatic rings. The first kappa shape index (κ1) is 32.2. The SMILES string of the molecule is C=C[CH2-].Cl.Cl.Cl.[Ta]=[N]c1ccccc1.[c-]1ccccn1.[c-]1ccccn1. The Labute approximate surface area is 187 Å². The first-order valence-electron chi connectivity index (χ1n) is 6.69. The van der Waals surface area contributed by atoms with Gasteiger partial charge in [-0.25, -0.2) is 19.6 Å². The minimum atomic E-state index is 0. The molecule has 0 radical (unpaired) electrons. The maximum Gasteiger partial charge on any atom is -0.0813 e. The van der Waals surface area contributed by atoms with Crippen molar-refractivity contribution in [3.05, 3.63) is 111 Å². The zero-order chi connectivity index (χ0) is 17.0. The van der Waals surface area contributed by atoms with Crippen LogP contribution in [0.15, 0.2) is 95.1 Å². The van der Waals surface area contributed by atoms with Gasteiger partial charge < -0.3 is 9.97 Å². The molecule has 1 aromatic carbocycles. The molecule has 2 heterocycles. The number of rotatable bonds is 1. The Morgan fingerprint density at radius 2 is 1.27 bits per heavy atom. The van der Waals surface area contributed by atoms with Crippen LogP contribution in [0.4, 0.5) is 5.69 Å². The van der Waals surface area contributed by atoms with Crippen LogP contribution in [0.1, 0.15) is 0 Å². The fourth-order valence-electron chi connectivity index (χ4n) is 1.05. The second kappa shape index (κ2) is 28.3. The van der Waals surface area contributed by atoms with Crippen molar-refractivity contribution < 1.29 is 20.9 Å². The van der Waals surface area contributed by atoms with Crippen molar-refractivity contribution in [3.8, 4) is 0 Å². The van der Waals surface area contributed by atoms with Crippen molar-refractivity contribution >= 4 is 42.9 Å². The van der Waals surface area contributed by atoms with E-state index in [2.05, 4.69) is 39.2 Å². The van der Waals surface area contributed by atoms with E-state index >= 15 is 0 Å². The number of hydrogen-bond acceptors (Lipinski definition) is 3. The molecule has 3 nitrogen and oxygen atoms in total. The van der Waals surface area contributed by atoms with Crippen LogP contribution in [0.25, 0.3) is 0 Å². The van der Waals surface area contributed by atoms with Gasteiger partial charge >= 0.3 is 60.2 Å². The Morgan fingerprint density at radius 3 is 1.42 bits per heavy atom. The molecule has 0 fully saturated rings. The van der Waals surface area contributed by atoms with E-state index in [1.165, 1.54) is 6.08 Å². The van der Waals surface area contributed by atoms with Gasteiger partial charge in [-0.2, -0.15) is 36.4 Å². The molecule has 0 amide bonds. The summed E-state index contributed by atoms with van der Waals surface area (Å²) in [7, 11) is 0. The predicted molar refractivity (Wildman–Crippen MR) is 112 cm³/mol. The Hall–Kier alpha value is -1.46. The van der Waals surface area contributed by atoms with Crippen LogP contribution in [0.5, 0.6) is 0 Å². The fourth-order valence-corrected chi connectivity index (χ4v) is 1.53. The molecule has 0 aliphatic heterocycles. The summed E-state index contributed by atoms with van der Waals surface area (Å²) in [5.74, 6) is 0. The third kappa shape index (κ3) is 24.8. The molecule has 7 heteroatoms. The van der Waals surface area contributed by atoms with Crippen LogP contribution in [-0.4, -0.2) is 9.97 Å². The summed E-state index contributed by atoms with van der Waals surface area (Å²) in [5.41, 5.74) is 1.08. The number of pyridine rings is 2. The number of halogens is 3. The van der Waals surface area contributed by atoms with Crippen LogP contribution in [0, 0.1) is 19.3 Å². The van der Waals surface area contributed by atoms with Crippen molar-refractivity contribution in [2.24, 2.45) is 3.34 Å². The van der Waals surface area contributed by atoms with E-state index < -0.39 is 0 Å². The summed E-state index contributed by atoms with van der Waals surface area (Å²) >= 11 is 1.08. The molecule has 0 aliphatic rings. The number of hydrogen-bond donors (Lipinski definition) is 0. The van der Waals surface area contributed by atoms with Crippen molar-refractivity contribution in [2.45, 2.75) is 0 Å². The topological polar surface area (TPSA) is 38.1 Å². The Kier molecular flexibility index (Phi) is 35.1. The zero-order valence-corrected chi connectivity index (χ0v) is 19.7. The second-order valence-electron chi connectivity index (χ2n) is 3.64. The summed E-state index contributed by atoms with van der Waals surface area (Å²) < 4.78 is 4.08. The Balaban J connectivity index is -0.000000124. The Bertz CT molecular complexity index is 515. The quantitative estimate of drug-likeness (QED) is 0.328. The van der Waals surface area contributed by atoms with E-state index in [4.69, 9.17) is 0 Å². The van der Waals surface area contributed by atoms with Gasteiger partial charge in [0.15, 0.2) is 0 Å². The molecule has 0 atom stereocenters. The van der Waals surface area contributed by atoms with Crippen LogP contribution in [0.2, 0.25) is 0 Å². The van der Waals surface area contributed by atoms with Gasteiger partial charge in [-0.3, -0.25) is 0 Å². The third-order valence-corrected chi connectivity index (χ3v) is 2.74. The summed E-state index contributed by atoms with van der Waals surface area (Å²) in [6.07, 6.45) is 10.2. The fraction of sp³-hybridized carbons (Fsp3) is 0. The molecule has 26 heavy (non-hydrogen) atoms. The minimum absolute atomic E-state index is 0. The first-order valence-corrected chi connectivity index (χ1v) is 8.13. The normalized spacial score (nSPS) is 6.73. The average molecular weight is 579 g/mol. The maximum atomic E-state index is 4.08. The molecule has 141 valence electrons. The number of aromatic nitrogens is 2. The smallest absolute Gasteiger partial charge is 0.0813 e. The van der Waals surface area contributed by atoms with Crippen molar-refractivity contribution in [1.29, 1.82) is 0 Å². The van der Waals surface area contributed by atoms with Gasteiger partial charge in [0.2, 0.25) is 0 Å². The van der Waals surface area contributed by atoms with Gasteiger partial charge in [0.25, 0.3) is 0 Å². The molecule has 0 aliphatic carbocycles. The van der Waals surface area contributed by atoms with Gasteiger partial charge in [-0.1, -0.05) is 24.8 Å². The van der Waals surface area contributed by atoms with Crippen molar-refractivity contribution in [2.75, 3.05) is 0 Å². The van der Waals surface area contributed by atoms with Crippen LogP contribution < -0.4 is 0 Å². The number of nitrogens with zero attached hydrogens (tertiary/aromatic N) is 3. The molecule has 0 unspecified atom stereocenters. The predicted octanol–water partition coefficient (Wildman–Crippen LogP) is 6.08. The van der Waals surface area contributed by atoms with E-state index in [0.717, 1.165) is 26.6 Å². The molecule has 0 N–H and O–H groups in total.